The Morgan fingerprint density at radius 1 is 0.800 bits per heavy atom. The zero-order chi connectivity index (χ0) is 14.6. The van der Waals surface area contributed by atoms with Crippen LogP contribution in [0.1, 0.15) is 11.1 Å². The van der Waals surface area contributed by atoms with E-state index in [0.29, 0.717) is 5.02 Å². The average Bonchev–Trinajstić information content (AvgIpc) is 2.38. The maximum absolute atomic E-state index is 12.0. The van der Waals surface area contributed by atoms with Crippen molar-refractivity contribution >= 4 is 11.6 Å². The molecule has 0 aliphatic rings. The summed E-state index contributed by atoms with van der Waals surface area (Å²) >= 11 is 5.79. The molecule has 0 saturated heterocycles. The minimum atomic E-state index is -4.65. The van der Waals surface area contributed by atoms with Crippen LogP contribution in [0.2, 0.25) is 5.02 Å². The summed E-state index contributed by atoms with van der Waals surface area (Å²) in [5.74, 6) is -0.201. The van der Waals surface area contributed by atoms with E-state index in [-0.39, 0.29) is 5.75 Å². The first-order valence-corrected chi connectivity index (χ1v) is 6.39. The molecule has 0 aliphatic carbocycles. The highest BCUT2D eigenvalue weighted by molar-refractivity contribution is 6.30. The van der Waals surface area contributed by atoms with E-state index < -0.39 is 6.36 Å². The number of rotatable bonds is 4. The lowest BCUT2D eigenvalue weighted by molar-refractivity contribution is -0.274. The van der Waals surface area contributed by atoms with Gasteiger partial charge in [0, 0.05) is 5.02 Å². The van der Waals surface area contributed by atoms with Crippen molar-refractivity contribution in [3.8, 4) is 5.75 Å². The number of ether oxygens (including phenoxy) is 1. The molecule has 0 fully saturated rings. The standard InChI is InChI=1S/C15H12ClF3O/c16-13-7-3-11(4-8-13)1-2-12-5-9-14(10-6-12)20-15(17,18)19/h3-10H,1-2H2. The molecule has 0 N–H and O–H groups in total. The maximum atomic E-state index is 12.0. The summed E-state index contributed by atoms with van der Waals surface area (Å²) in [6, 6.07) is 13.4. The smallest absolute Gasteiger partial charge is 0.406 e. The largest absolute Gasteiger partial charge is 0.573 e. The Kier molecular flexibility index (Phi) is 4.55. The molecule has 2 rings (SSSR count). The van der Waals surface area contributed by atoms with Gasteiger partial charge in [0.2, 0.25) is 0 Å². The van der Waals surface area contributed by atoms with E-state index in [4.69, 9.17) is 11.6 Å². The second-order valence-corrected chi connectivity index (χ2v) is 4.75. The maximum Gasteiger partial charge on any atom is 0.573 e. The van der Waals surface area contributed by atoms with Crippen molar-refractivity contribution in [1.29, 1.82) is 0 Å². The lowest BCUT2D eigenvalue weighted by Gasteiger charge is -2.09. The van der Waals surface area contributed by atoms with Gasteiger partial charge >= 0.3 is 6.36 Å². The topological polar surface area (TPSA) is 9.23 Å². The Labute approximate surface area is 119 Å². The van der Waals surface area contributed by atoms with Gasteiger partial charge < -0.3 is 4.74 Å². The average molecular weight is 301 g/mol. The highest BCUT2D eigenvalue weighted by atomic mass is 35.5. The molecule has 0 amide bonds. The molecule has 2 aromatic rings. The van der Waals surface area contributed by atoms with Crippen LogP contribution in [-0.2, 0) is 12.8 Å². The highest BCUT2D eigenvalue weighted by Crippen LogP contribution is 2.23. The minimum absolute atomic E-state index is 0.201. The second-order valence-electron chi connectivity index (χ2n) is 4.32. The van der Waals surface area contributed by atoms with E-state index in [1.807, 2.05) is 24.3 Å². The van der Waals surface area contributed by atoms with Crippen LogP contribution in [0.3, 0.4) is 0 Å². The summed E-state index contributed by atoms with van der Waals surface area (Å²) in [4.78, 5) is 0. The molecular formula is C15H12ClF3O. The molecule has 5 heteroatoms. The molecule has 0 heterocycles. The van der Waals surface area contributed by atoms with Gasteiger partial charge in [-0.2, -0.15) is 0 Å². The van der Waals surface area contributed by atoms with Crippen LogP contribution >= 0.6 is 11.6 Å². The lowest BCUT2D eigenvalue weighted by atomic mass is 10.0. The van der Waals surface area contributed by atoms with Crippen molar-refractivity contribution in [3.63, 3.8) is 0 Å². The summed E-state index contributed by atoms with van der Waals surface area (Å²) in [6.07, 6.45) is -3.10. The third-order valence-corrected chi connectivity index (χ3v) is 3.02. The Balaban J connectivity index is 1.92. The van der Waals surface area contributed by atoms with Crippen molar-refractivity contribution < 1.29 is 17.9 Å². The van der Waals surface area contributed by atoms with Gasteiger partial charge in [0.1, 0.15) is 5.75 Å². The Bertz CT molecular complexity index is 547. The molecule has 0 bridgehead atoms. The first-order valence-electron chi connectivity index (χ1n) is 6.01. The molecule has 20 heavy (non-hydrogen) atoms. The quantitative estimate of drug-likeness (QED) is 0.770. The zero-order valence-electron chi connectivity index (χ0n) is 10.5. The zero-order valence-corrected chi connectivity index (χ0v) is 11.2. The molecular weight excluding hydrogens is 289 g/mol. The molecule has 0 radical (unpaired) electrons. The Hall–Kier alpha value is -1.68. The summed E-state index contributed by atoms with van der Waals surface area (Å²) in [5.41, 5.74) is 2.08. The van der Waals surface area contributed by atoms with Gasteiger partial charge in [-0.25, -0.2) is 0 Å². The summed E-state index contributed by atoms with van der Waals surface area (Å²) in [6.45, 7) is 0. The lowest BCUT2D eigenvalue weighted by Crippen LogP contribution is -2.17. The summed E-state index contributed by atoms with van der Waals surface area (Å²) < 4.78 is 39.9. The van der Waals surface area contributed by atoms with Gasteiger partial charge in [-0.3, -0.25) is 0 Å². The van der Waals surface area contributed by atoms with E-state index in [1.54, 1.807) is 12.1 Å². The number of benzene rings is 2. The Morgan fingerprint density at radius 3 is 1.70 bits per heavy atom. The monoisotopic (exact) mass is 300 g/mol. The predicted molar refractivity (Wildman–Crippen MR) is 72.0 cm³/mol. The van der Waals surface area contributed by atoms with Crippen molar-refractivity contribution in [2.24, 2.45) is 0 Å². The molecule has 0 saturated carbocycles. The number of hydrogen-bond donors (Lipinski definition) is 0. The van der Waals surface area contributed by atoms with Crippen LogP contribution in [0.25, 0.3) is 0 Å². The van der Waals surface area contributed by atoms with Crippen LogP contribution in [0.15, 0.2) is 48.5 Å². The van der Waals surface area contributed by atoms with Gasteiger partial charge in [-0.15, -0.1) is 13.2 Å². The minimum Gasteiger partial charge on any atom is -0.406 e. The molecule has 0 aliphatic heterocycles. The normalized spacial score (nSPS) is 11.4. The van der Waals surface area contributed by atoms with Gasteiger partial charge in [-0.1, -0.05) is 35.9 Å². The van der Waals surface area contributed by atoms with Gasteiger partial charge in [0.15, 0.2) is 0 Å². The molecule has 1 nitrogen and oxygen atoms in total. The number of halogens is 4. The van der Waals surface area contributed by atoms with E-state index >= 15 is 0 Å². The van der Waals surface area contributed by atoms with Crippen molar-refractivity contribution in [1.82, 2.24) is 0 Å². The fourth-order valence-electron chi connectivity index (χ4n) is 1.80. The van der Waals surface area contributed by atoms with Gasteiger partial charge in [0.25, 0.3) is 0 Å². The van der Waals surface area contributed by atoms with E-state index in [9.17, 15) is 13.2 Å². The molecule has 106 valence electrons. The highest BCUT2D eigenvalue weighted by Gasteiger charge is 2.30. The van der Waals surface area contributed by atoms with Crippen LogP contribution in [0.5, 0.6) is 5.75 Å². The van der Waals surface area contributed by atoms with Crippen LogP contribution in [0.4, 0.5) is 13.2 Å². The first-order chi connectivity index (χ1) is 9.42. The number of hydrogen-bond acceptors (Lipinski definition) is 1. The molecule has 0 aromatic heterocycles. The predicted octanol–water partition coefficient (Wildman–Crippen LogP) is 5.02. The first kappa shape index (κ1) is 14.7. The van der Waals surface area contributed by atoms with Crippen molar-refractivity contribution in [2.75, 3.05) is 0 Å². The second kappa shape index (κ2) is 6.18. The van der Waals surface area contributed by atoms with Crippen LogP contribution < -0.4 is 4.74 Å². The fraction of sp³-hybridized carbons (Fsp3) is 0.200. The third kappa shape index (κ3) is 4.78. The summed E-state index contributed by atoms with van der Waals surface area (Å²) in [7, 11) is 0. The fourth-order valence-corrected chi connectivity index (χ4v) is 1.92. The molecule has 0 atom stereocenters. The SMILES string of the molecule is FC(F)(F)Oc1ccc(CCc2ccc(Cl)cc2)cc1. The third-order valence-electron chi connectivity index (χ3n) is 2.77. The number of aryl methyl sites for hydroxylation is 2. The van der Waals surface area contributed by atoms with Crippen molar-refractivity contribution in [3.05, 3.63) is 64.7 Å². The van der Waals surface area contributed by atoms with Crippen molar-refractivity contribution in [2.45, 2.75) is 19.2 Å². The number of alkyl halides is 3. The summed E-state index contributed by atoms with van der Waals surface area (Å²) in [5, 5.41) is 0.683. The Morgan fingerprint density at radius 2 is 1.25 bits per heavy atom. The van der Waals surface area contributed by atoms with E-state index in [2.05, 4.69) is 4.74 Å². The molecule has 2 aromatic carbocycles. The van der Waals surface area contributed by atoms with Crippen LogP contribution in [-0.4, -0.2) is 6.36 Å². The van der Waals surface area contributed by atoms with Gasteiger partial charge in [-0.05, 0) is 48.2 Å². The van der Waals surface area contributed by atoms with E-state index in [1.165, 1.54) is 12.1 Å². The van der Waals surface area contributed by atoms with E-state index in [0.717, 1.165) is 24.0 Å². The molecule has 0 unspecified atom stereocenters. The van der Waals surface area contributed by atoms with Crippen LogP contribution in [0, 0.1) is 0 Å². The van der Waals surface area contributed by atoms with Gasteiger partial charge in [0.05, 0.1) is 0 Å². The molecule has 0 spiro atoms.